The summed E-state index contributed by atoms with van der Waals surface area (Å²) < 4.78 is 5.32. The van der Waals surface area contributed by atoms with E-state index in [-0.39, 0.29) is 0 Å². The van der Waals surface area contributed by atoms with Gasteiger partial charge in [0.15, 0.2) is 0 Å². The van der Waals surface area contributed by atoms with Crippen LogP contribution in [0.4, 0.5) is 11.4 Å². The van der Waals surface area contributed by atoms with Gasteiger partial charge in [-0.05, 0) is 37.0 Å². The molecule has 1 aromatic carbocycles. The summed E-state index contributed by atoms with van der Waals surface area (Å²) >= 11 is 0. The van der Waals surface area contributed by atoms with Gasteiger partial charge in [0.25, 0.3) is 0 Å². The number of benzene rings is 1. The van der Waals surface area contributed by atoms with E-state index in [0.717, 1.165) is 44.0 Å². The van der Waals surface area contributed by atoms with Crippen molar-refractivity contribution in [3.05, 3.63) is 24.3 Å². The Morgan fingerprint density at radius 3 is 3.00 bits per heavy atom. The van der Waals surface area contributed by atoms with Gasteiger partial charge in [-0.3, -0.25) is 0 Å². The van der Waals surface area contributed by atoms with Crippen LogP contribution >= 0.6 is 0 Å². The zero-order valence-electron chi connectivity index (χ0n) is 8.83. The van der Waals surface area contributed by atoms with Gasteiger partial charge >= 0.3 is 0 Å². The molecule has 0 atom stereocenters. The van der Waals surface area contributed by atoms with Gasteiger partial charge in [-0.1, -0.05) is 6.07 Å². The second-order valence-corrected chi connectivity index (χ2v) is 3.95. The molecule has 0 unspecified atom stereocenters. The molecule has 3 nitrogen and oxygen atoms in total. The fourth-order valence-electron chi connectivity index (χ4n) is 1.81. The molecule has 1 fully saturated rings. The zero-order valence-corrected chi connectivity index (χ0v) is 8.83. The Labute approximate surface area is 90.6 Å². The van der Waals surface area contributed by atoms with Crippen LogP contribution in [0.2, 0.25) is 0 Å². The molecule has 1 saturated heterocycles. The third-order valence-electron chi connectivity index (χ3n) is 2.82. The summed E-state index contributed by atoms with van der Waals surface area (Å²) in [4.78, 5) is 0. The van der Waals surface area contributed by atoms with Crippen molar-refractivity contribution in [1.29, 1.82) is 0 Å². The highest BCUT2D eigenvalue weighted by Gasteiger charge is 2.13. The van der Waals surface area contributed by atoms with E-state index in [4.69, 9.17) is 10.5 Å². The molecule has 2 rings (SSSR count). The van der Waals surface area contributed by atoms with Crippen LogP contribution in [0.15, 0.2) is 18.2 Å². The van der Waals surface area contributed by atoms with Crippen LogP contribution in [0.5, 0.6) is 0 Å². The fraction of sp³-hybridized carbons (Fsp3) is 0.500. The monoisotopic (exact) mass is 205 g/mol. The predicted molar refractivity (Wildman–Crippen MR) is 61.7 cm³/mol. The lowest BCUT2D eigenvalue weighted by molar-refractivity contribution is 0.0699. The lowest BCUT2D eigenvalue weighted by Gasteiger charge is -2.23. The van der Waals surface area contributed by atoms with Crippen molar-refractivity contribution in [2.75, 3.05) is 30.8 Å². The van der Waals surface area contributed by atoms with E-state index in [1.807, 2.05) is 12.1 Å². The van der Waals surface area contributed by atoms with E-state index >= 15 is 0 Å². The molecule has 81 valence electrons. The van der Waals surface area contributed by atoms with Crippen molar-refractivity contribution in [2.24, 2.45) is 5.92 Å². The number of ether oxygens (including phenoxy) is 1. The second-order valence-electron chi connectivity index (χ2n) is 3.95. The van der Waals surface area contributed by atoms with Crippen LogP contribution < -0.4 is 11.1 Å². The standard InChI is InChI=1S/C12H17N2O/c13-11-3-1-2-4-12(11)14-9-10-5-7-15-8-6-10/h2-4,10,14H,5-9,13H2. The first-order valence-electron chi connectivity index (χ1n) is 5.43. The van der Waals surface area contributed by atoms with Gasteiger partial charge in [-0.25, -0.2) is 0 Å². The molecule has 0 saturated carbocycles. The van der Waals surface area contributed by atoms with Crippen molar-refractivity contribution in [3.63, 3.8) is 0 Å². The fourth-order valence-corrected chi connectivity index (χ4v) is 1.81. The van der Waals surface area contributed by atoms with Crippen LogP contribution in [0.3, 0.4) is 0 Å². The molecule has 1 aromatic rings. The number of nitrogens with two attached hydrogens (primary N) is 1. The molecule has 1 radical (unpaired) electrons. The average molecular weight is 205 g/mol. The molecule has 15 heavy (non-hydrogen) atoms. The Hall–Kier alpha value is -1.22. The summed E-state index contributed by atoms with van der Waals surface area (Å²) in [5, 5.41) is 3.38. The Bertz CT molecular complexity index is 308. The van der Waals surface area contributed by atoms with Crippen LogP contribution in [0, 0.1) is 12.0 Å². The maximum Gasteiger partial charge on any atom is 0.0574 e. The van der Waals surface area contributed by atoms with Crippen LogP contribution in [-0.2, 0) is 4.74 Å². The summed E-state index contributed by atoms with van der Waals surface area (Å²) in [6, 6.07) is 8.60. The first kappa shape index (κ1) is 10.3. The number of rotatable bonds is 3. The minimum Gasteiger partial charge on any atom is -0.397 e. The van der Waals surface area contributed by atoms with Crippen molar-refractivity contribution in [3.8, 4) is 0 Å². The molecule has 1 aliphatic heterocycles. The third kappa shape index (κ3) is 2.86. The van der Waals surface area contributed by atoms with Gasteiger partial charge in [0.2, 0.25) is 0 Å². The Morgan fingerprint density at radius 1 is 1.47 bits per heavy atom. The Morgan fingerprint density at radius 2 is 2.27 bits per heavy atom. The topological polar surface area (TPSA) is 47.3 Å². The van der Waals surface area contributed by atoms with Crippen molar-refractivity contribution >= 4 is 11.4 Å². The maximum atomic E-state index is 5.82. The van der Waals surface area contributed by atoms with Crippen LogP contribution in [0.25, 0.3) is 0 Å². The van der Waals surface area contributed by atoms with E-state index in [1.165, 1.54) is 0 Å². The van der Waals surface area contributed by atoms with E-state index in [2.05, 4.69) is 11.4 Å². The third-order valence-corrected chi connectivity index (χ3v) is 2.82. The molecule has 3 heteroatoms. The van der Waals surface area contributed by atoms with Crippen LogP contribution in [-0.4, -0.2) is 19.8 Å². The van der Waals surface area contributed by atoms with E-state index in [1.54, 1.807) is 6.07 Å². The van der Waals surface area contributed by atoms with Gasteiger partial charge in [0.1, 0.15) is 0 Å². The lowest BCUT2D eigenvalue weighted by atomic mass is 10.0. The summed E-state index contributed by atoms with van der Waals surface area (Å²) in [5.41, 5.74) is 7.60. The first-order chi connectivity index (χ1) is 7.36. The first-order valence-corrected chi connectivity index (χ1v) is 5.43. The minimum atomic E-state index is 0.710. The van der Waals surface area contributed by atoms with Crippen molar-refractivity contribution in [2.45, 2.75) is 12.8 Å². The second kappa shape index (κ2) is 5.03. The predicted octanol–water partition coefficient (Wildman–Crippen LogP) is 1.91. The highest BCUT2D eigenvalue weighted by molar-refractivity contribution is 5.65. The average Bonchev–Trinajstić information content (AvgIpc) is 2.29. The largest absolute Gasteiger partial charge is 0.397 e. The van der Waals surface area contributed by atoms with E-state index < -0.39 is 0 Å². The molecular weight excluding hydrogens is 188 g/mol. The highest BCUT2D eigenvalue weighted by atomic mass is 16.5. The summed E-state index contributed by atoms with van der Waals surface area (Å²) in [6.07, 6.45) is 2.29. The minimum absolute atomic E-state index is 0.710. The number of hydrogen-bond donors (Lipinski definition) is 2. The van der Waals surface area contributed by atoms with Gasteiger partial charge in [0.05, 0.1) is 11.4 Å². The molecule has 1 heterocycles. The SMILES string of the molecule is Nc1c[c]ccc1NCC1CCOCC1. The van der Waals surface area contributed by atoms with E-state index in [0.29, 0.717) is 5.92 Å². The summed E-state index contributed by atoms with van der Waals surface area (Å²) in [5.74, 6) is 0.710. The number of nitrogen functional groups attached to an aromatic ring is 1. The number of hydrogen-bond acceptors (Lipinski definition) is 3. The summed E-state index contributed by atoms with van der Waals surface area (Å²) in [6.45, 7) is 2.77. The highest BCUT2D eigenvalue weighted by Crippen LogP contribution is 2.19. The molecule has 0 bridgehead atoms. The molecule has 0 aromatic heterocycles. The maximum absolute atomic E-state index is 5.82. The van der Waals surface area contributed by atoms with Crippen molar-refractivity contribution < 1.29 is 4.74 Å². The van der Waals surface area contributed by atoms with Crippen LogP contribution in [0.1, 0.15) is 12.8 Å². The quantitative estimate of drug-likeness (QED) is 0.741. The molecule has 0 amide bonds. The molecule has 0 spiro atoms. The molecule has 3 N–H and O–H groups in total. The van der Waals surface area contributed by atoms with Gasteiger partial charge in [-0.15, -0.1) is 0 Å². The zero-order chi connectivity index (χ0) is 10.5. The molecule has 0 aliphatic carbocycles. The summed E-state index contributed by atoms with van der Waals surface area (Å²) in [7, 11) is 0. The Balaban J connectivity index is 1.84. The van der Waals surface area contributed by atoms with Gasteiger partial charge in [0, 0.05) is 19.8 Å². The smallest absolute Gasteiger partial charge is 0.0574 e. The van der Waals surface area contributed by atoms with Gasteiger partial charge in [-0.2, -0.15) is 0 Å². The normalized spacial score (nSPS) is 17.6. The Kier molecular flexibility index (Phi) is 3.45. The van der Waals surface area contributed by atoms with Crippen molar-refractivity contribution in [1.82, 2.24) is 0 Å². The number of anilines is 2. The van der Waals surface area contributed by atoms with E-state index in [9.17, 15) is 0 Å². The lowest BCUT2D eigenvalue weighted by Crippen LogP contribution is -2.22. The van der Waals surface area contributed by atoms with Gasteiger partial charge < -0.3 is 15.8 Å². The molecular formula is C12H17N2O. The molecule has 1 aliphatic rings. The number of nitrogens with one attached hydrogen (secondary N) is 1.